The summed E-state index contributed by atoms with van der Waals surface area (Å²) in [6.45, 7) is 3.80. The number of nitrogens with two attached hydrogens (primary N) is 1. The van der Waals surface area contributed by atoms with E-state index < -0.39 is 11.5 Å². The number of methoxy groups -OCH3 is 2. The number of anilines is 1. The van der Waals surface area contributed by atoms with Crippen molar-refractivity contribution in [3.05, 3.63) is 65.1 Å². The summed E-state index contributed by atoms with van der Waals surface area (Å²) in [4.78, 5) is 26.5. The van der Waals surface area contributed by atoms with Crippen molar-refractivity contribution in [3.8, 4) is 28.4 Å². The number of ether oxygens (including phenoxy) is 2. The Balaban J connectivity index is 1.83. The molecule has 0 atom stereocenters. The molecule has 0 aliphatic heterocycles. The van der Waals surface area contributed by atoms with E-state index in [1.54, 1.807) is 26.4 Å². The van der Waals surface area contributed by atoms with Crippen LogP contribution in [0.5, 0.6) is 11.5 Å². The Bertz CT molecular complexity index is 1780. The van der Waals surface area contributed by atoms with Crippen LogP contribution in [0.4, 0.5) is 15.8 Å². The smallest absolute Gasteiger partial charge is 0.334 e. The number of pyridine rings is 2. The number of aromatic nitrogens is 4. The Morgan fingerprint density at radius 1 is 1.05 bits per heavy atom. The van der Waals surface area contributed by atoms with Crippen LogP contribution in [0.2, 0.25) is 0 Å². The molecule has 3 heterocycles. The summed E-state index contributed by atoms with van der Waals surface area (Å²) < 4.78 is 28.5. The van der Waals surface area contributed by atoms with Crippen molar-refractivity contribution in [3.63, 3.8) is 0 Å². The van der Waals surface area contributed by atoms with Gasteiger partial charge in [-0.15, -0.1) is 0 Å². The van der Waals surface area contributed by atoms with Gasteiger partial charge in [-0.25, -0.2) is 18.7 Å². The van der Waals surface area contributed by atoms with Crippen LogP contribution in [0.15, 0.2) is 58.6 Å². The lowest BCUT2D eigenvalue weighted by molar-refractivity contribution is 0.408. The zero-order chi connectivity index (χ0) is 26.4. The first-order valence-corrected chi connectivity index (χ1v) is 11.4. The van der Waals surface area contributed by atoms with Crippen molar-refractivity contribution in [2.24, 2.45) is 12.0 Å². The molecule has 0 saturated heterocycles. The Morgan fingerprint density at radius 3 is 2.49 bits per heavy atom. The van der Waals surface area contributed by atoms with Gasteiger partial charge in [0.2, 0.25) is 0 Å². The van der Waals surface area contributed by atoms with E-state index in [1.165, 1.54) is 28.5 Å². The lowest BCUT2D eigenvalue weighted by Crippen LogP contribution is -2.22. The van der Waals surface area contributed by atoms with Crippen LogP contribution in [0.3, 0.4) is 0 Å². The number of aryl methyl sites for hydroxylation is 1. The molecule has 0 aliphatic carbocycles. The molecule has 2 aromatic carbocycles. The van der Waals surface area contributed by atoms with Gasteiger partial charge in [0.25, 0.3) is 0 Å². The van der Waals surface area contributed by atoms with Crippen molar-refractivity contribution in [1.82, 2.24) is 19.1 Å². The maximum Gasteiger partial charge on any atom is 0.334 e. The van der Waals surface area contributed by atoms with E-state index in [9.17, 15) is 4.79 Å². The molecule has 9 nitrogen and oxygen atoms in total. The molecule has 5 rings (SSSR count). The van der Waals surface area contributed by atoms with Gasteiger partial charge in [-0.2, -0.15) is 0 Å². The minimum atomic E-state index is -0.692. The fraction of sp³-hybridized carbons (Fsp3) is 0.185. The summed E-state index contributed by atoms with van der Waals surface area (Å²) in [6, 6.07) is 10.4. The minimum Gasteiger partial charge on any atom is -0.496 e. The third-order valence-electron chi connectivity index (χ3n) is 6.13. The Hall–Kier alpha value is -4.73. The highest BCUT2D eigenvalue weighted by Gasteiger charge is 2.21. The first-order chi connectivity index (χ1) is 17.7. The average molecular weight is 501 g/mol. The van der Waals surface area contributed by atoms with Gasteiger partial charge in [0.15, 0.2) is 11.6 Å². The second-order valence-corrected chi connectivity index (χ2v) is 8.75. The van der Waals surface area contributed by atoms with E-state index in [0.29, 0.717) is 39.1 Å². The van der Waals surface area contributed by atoms with Crippen molar-refractivity contribution in [2.45, 2.75) is 13.8 Å². The standard InChI is InChI=1S/C27H25FN6O3/c1-14(2)32-21-7-6-15(8-20(21)29)17-10-18-22(11-24(17)37-5)30-13-23-25(18)34(27(35)33(23)3)26-19(28)9-16(36-4)12-31-26/h6-13H,29H2,1-5H3. The molecule has 0 spiro atoms. The molecule has 0 unspecified atom stereocenters. The van der Waals surface area contributed by atoms with Crippen LogP contribution in [-0.4, -0.2) is 39.0 Å². The van der Waals surface area contributed by atoms with Gasteiger partial charge in [0, 0.05) is 35.8 Å². The van der Waals surface area contributed by atoms with Gasteiger partial charge in [-0.1, -0.05) is 6.07 Å². The maximum absolute atomic E-state index is 15.1. The fourth-order valence-electron chi connectivity index (χ4n) is 4.37. The molecular weight excluding hydrogens is 475 g/mol. The van der Waals surface area contributed by atoms with Gasteiger partial charge in [-0.3, -0.25) is 14.5 Å². The zero-order valence-electron chi connectivity index (χ0n) is 21.0. The predicted molar refractivity (Wildman–Crippen MR) is 143 cm³/mol. The van der Waals surface area contributed by atoms with Crippen LogP contribution in [0.1, 0.15) is 13.8 Å². The zero-order valence-corrected chi connectivity index (χ0v) is 21.0. The van der Waals surface area contributed by atoms with E-state index in [1.807, 2.05) is 38.1 Å². The van der Waals surface area contributed by atoms with Crippen LogP contribution >= 0.6 is 0 Å². The SMILES string of the molecule is COc1cnc(-n2c(=O)n(C)c3cnc4cc(OC)c(-c5ccc(N=C(C)C)c(N)c5)cc4c32)c(F)c1. The van der Waals surface area contributed by atoms with Gasteiger partial charge >= 0.3 is 5.69 Å². The number of benzene rings is 2. The molecule has 188 valence electrons. The predicted octanol–water partition coefficient (Wildman–Crippen LogP) is 4.79. The lowest BCUT2D eigenvalue weighted by Gasteiger charge is -2.13. The number of hydrogen-bond acceptors (Lipinski definition) is 7. The van der Waals surface area contributed by atoms with Crippen molar-refractivity contribution in [2.75, 3.05) is 20.0 Å². The highest BCUT2D eigenvalue weighted by molar-refractivity contribution is 6.05. The number of nitrogens with zero attached hydrogens (tertiary/aromatic N) is 5. The van der Waals surface area contributed by atoms with E-state index in [4.69, 9.17) is 15.2 Å². The molecular formula is C27H25FN6O3. The molecule has 0 aliphatic rings. The number of fused-ring (bicyclic) bond motifs is 3. The first kappa shape index (κ1) is 24.0. The normalized spacial score (nSPS) is 11.2. The maximum atomic E-state index is 15.1. The van der Waals surface area contributed by atoms with Crippen LogP contribution in [0, 0.1) is 5.82 Å². The molecule has 10 heteroatoms. The lowest BCUT2D eigenvalue weighted by atomic mass is 10.00. The van der Waals surface area contributed by atoms with Crippen LogP contribution < -0.4 is 20.9 Å². The molecule has 5 aromatic rings. The summed E-state index contributed by atoms with van der Waals surface area (Å²) in [5, 5.41) is 0.619. The van der Waals surface area contributed by atoms with Gasteiger partial charge in [0.1, 0.15) is 11.5 Å². The number of halogens is 1. The number of nitrogen functional groups attached to an aromatic ring is 1. The van der Waals surface area contributed by atoms with E-state index in [0.717, 1.165) is 16.8 Å². The highest BCUT2D eigenvalue weighted by atomic mass is 19.1. The van der Waals surface area contributed by atoms with Crippen molar-refractivity contribution >= 4 is 39.0 Å². The summed E-state index contributed by atoms with van der Waals surface area (Å²) in [7, 11) is 4.60. The quantitative estimate of drug-likeness (QED) is 0.275. The van der Waals surface area contributed by atoms with Gasteiger partial charge in [-0.05, 0) is 37.6 Å². The van der Waals surface area contributed by atoms with Crippen LogP contribution in [0.25, 0.3) is 38.9 Å². The molecule has 0 bridgehead atoms. The van der Waals surface area contributed by atoms with E-state index in [2.05, 4.69) is 15.0 Å². The summed E-state index contributed by atoms with van der Waals surface area (Å²) in [5.41, 5.74) is 11.0. The molecule has 0 fully saturated rings. The third-order valence-corrected chi connectivity index (χ3v) is 6.13. The van der Waals surface area contributed by atoms with Gasteiger partial charge < -0.3 is 15.2 Å². The van der Waals surface area contributed by atoms with Gasteiger partial charge in [0.05, 0.1) is 54.5 Å². The number of rotatable bonds is 5. The molecule has 0 amide bonds. The Labute approximate surface area is 211 Å². The summed E-state index contributed by atoms with van der Waals surface area (Å²) >= 11 is 0. The van der Waals surface area contributed by atoms with E-state index in [-0.39, 0.29) is 11.6 Å². The Kier molecular flexibility index (Phi) is 5.87. The largest absolute Gasteiger partial charge is 0.496 e. The number of hydrogen-bond donors (Lipinski definition) is 1. The topological polar surface area (TPSA) is 110 Å². The van der Waals surface area contributed by atoms with E-state index >= 15 is 4.39 Å². The molecule has 0 saturated carbocycles. The van der Waals surface area contributed by atoms with Crippen molar-refractivity contribution in [1.29, 1.82) is 0 Å². The molecule has 2 N–H and O–H groups in total. The molecule has 37 heavy (non-hydrogen) atoms. The minimum absolute atomic E-state index is 0.136. The first-order valence-electron chi connectivity index (χ1n) is 11.4. The van der Waals surface area contributed by atoms with Crippen LogP contribution in [-0.2, 0) is 7.05 Å². The number of aliphatic imine (C=N–C) groups is 1. The monoisotopic (exact) mass is 500 g/mol. The highest BCUT2D eigenvalue weighted by Crippen LogP contribution is 2.38. The average Bonchev–Trinajstić information content (AvgIpc) is 3.14. The summed E-state index contributed by atoms with van der Waals surface area (Å²) in [6.07, 6.45) is 2.94. The van der Waals surface area contributed by atoms with Crippen molar-refractivity contribution < 1.29 is 13.9 Å². The second-order valence-electron chi connectivity index (χ2n) is 8.75. The summed E-state index contributed by atoms with van der Waals surface area (Å²) in [5.74, 6) is -0.0116. The fourth-order valence-corrected chi connectivity index (χ4v) is 4.37. The Morgan fingerprint density at radius 2 is 1.84 bits per heavy atom. The number of imidazole rings is 1. The molecule has 0 radical (unpaired) electrons. The third kappa shape index (κ3) is 3.96. The molecule has 3 aromatic heterocycles. The second kappa shape index (κ2) is 9.05.